The van der Waals surface area contributed by atoms with Gasteiger partial charge >= 0.3 is 0 Å². The summed E-state index contributed by atoms with van der Waals surface area (Å²) in [5.41, 5.74) is 2.22. The fourth-order valence-electron chi connectivity index (χ4n) is 1.48. The number of aryl methyl sites for hydroxylation is 2. The van der Waals surface area contributed by atoms with Gasteiger partial charge in [0.25, 0.3) is 0 Å². The molecule has 82 valence electrons. The molecule has 0 aromatic heterocycles. The highest BCUT2D eigenvalue weighted by Gasteiger charge is 2.04. The van der Waals surface area contributed by atoms with E-state index in [-0.39, 0.29) is 0 Å². The van der Waals surface area contributed by atoms with Crippen molar-refractivity contribution >= 4 is 11.6 Å². The number of para-hydroxylation sites is 1. The molecule has 2 aromatic rings. The van der Waals surface area contributed by atoms with Crippen LogP contribution in [-0.4, -0.2) is 0 Å². The van der Waals surface area contributed by atoms with Crippen molar-refractivity contribution in [3.63, 3.8) is 0 Å². The van der Waals surface area contributed by atoms with E-state index in [9.17, 15) is 0 Å². The Hall–Kier alpha value is -1.47. The topological polar surface area (TPSA) is 9.23 Å². The van der Waals surface area contributed by atoms with Gasteiger partial charge in [-0.3, -0.25) is 0 Å². The Bertz CT molecular complexity index is 506. The smallest absolute Gasteiger partial charge is 0.146 e. The van der Waals surface area contributed by atoms with Crippen molar-refractivity contribution in [2.45, 2.75) is 13.8 Å². The van der Waals surface area contributed by atoms with Gasteiger partial charge in [-0.2, -0.15) is 0 Å². The van der Waals surface area contributed by atoms with E-state index >= 15 is 0 Å². The molecule has 16 heavy (non-hydrogen) atoms. The molecule has 2 heteroatoms. The van der Waals surface area contributed by atoms with Crippen molar-refractivity contribution in [1.82, 2.24) is 0 Å². The number of rotatable bonds is 2. The fraction of sp³-hybridized carbons (Fsp3) is 0.143. The van der Waals surface area contributed by atoms with Crippen LogP contribution in [0.4, 0.5) is 0 Å². The number of ether oxygens (including phenoxy) is 1. The lowest BCUT2D eigenvalue weighted by Gasteiger charge is -2.10. The molecule has 0 atom stereocenters. The highest BCUT2D eigenvalue weighted by molar-refractivity contribution is 6.32. The molecular formula is C14H13ClO. The quantitative estimate of drug-likeness (QED) is 0.726. The Labute approximate surface area is 101 Å². The van der Waals surface area contributed by atoms with Crippen LogP contribution in [-0.2, 0) is 0 Å². The summed E-state index contributed by atoms with van der Waals surface area (Å²) < 4.78 is 5.76. The van der Waals surface area contributed by atoms with E-state index in [1.807, 2.05) is 56.3 Å². The first-order chi connectivity index (χ1) is 7.66. The molecule has 0 aliphatic rings. The predicted molar refractivity (Wildman–Crippen MR) is 67.4 cm³/mol. The van der Waals surface area contributed by atoms with E-state index in [4.69, 9.17) is 16.3 Å². The molecule has 0 aliphatic carbocycles. The van der Waals surface area contributed by atoms with Gasteiger partial charge in [-0.05, 0) is 43.2 Å². The van der Waals surface area contributed by atoms with Crippen molar-refractivity contribution in [2.24, 2.45) is 0 Å². The lowest BCUT2D eigenvalue weighted by atomic mass is 10.2. The van der Waals surface area contributed by atoms with Crippen LogP contribution < -0.4 is 4.74 Å². The fourth-order valence-corrected chi connectivity index (χ4v) is 1.75. The first-order valence-electron chi connectivity index (χ1n) is 5.16. The minimum absolute atomic E-state index is 0.642. The maximum absolute atomic E-state index is 6.11. The molecule has 1 nitrogen and oxygen atoms in total. The van der Waals surface area contributed by atoms with Gasteiger partial charge in [-0.1, -0.05) is 35.9 Å². The van der Waals surface area contributed by atoms with Crippen LogP contribution in [0.15, 0.2) is 42.5 Å². The molecule has 2 aromatic carbocycles. The van der Waals surface area contributed by atoms with Crippen LogP contribution in [0.25, 0.3) is 0 Å². The van der Waals surface area contributed by atoms with E-state index in [1.54, 1.807) is 0 Å². The Morgan fingerprint density at radius 1 is 0.938 bits per heavy atom. The summed E-state index contributed by atoms with van der Waals surface area (Å²) in [4.78, 5) is 0. The molecule has 0 unspecified atom stereocenters. The van der Waals surface area contributed by atoms with Gasteiger partial charge in [-0.25, -0.2) is 0 Å². The van der Waals surface area contributed by atoms with Crippen LogP contribution in [0, 0.1) is 13.8 Å². The second kappa shape index (κ2) is 4.58. The van der Waals surface area contributed by atoms with Crippen molar-refractivity contribution < 1.29 is 4.74 Å². The lowest BCUT2D eigenvalue weighted by molar-refractivity contribution is 0.479. The first-order valence-corrected chi connectivity index (χ1v) is 5.54. The summed E-state index contributed by atoms with van der Waals surface area (Å²) in [7, 11) is 0. The minimum Gasteiger partial charge on any atom is -0.456 e. The highest BCUT2D eigenvalue weighted by atomic mass is 35.5. The van der Waals surface area contributed by atoms with Gasteiger partial charge in [-0.15, -0.1) is 0 Å². The summed E-state index contributed by atoms with van der Waals surface area (Å²) in [6.45, 7) is 4.01. The summed E-state index contributed by atoms with van der Waals surface area (Å²) in [5, 5.41) is 0.642. The Balaban J connectivity index is 2.31. The third kappa shape index (κ3) is 2.37. The zero-order chi connectivity index (χ0) is 11.5. The predicted octanol–water partition coefficient (Wildman–Crippen LogP) is 4.75. The third-order valence-corrected chi connectivity index (χ3v) is 2.70. The van der Waals surface area contributed by atoms with Crippen molar-refractivity contribution in [3.05, 3.63) is 58.6 Å². The van der Waals surface area contributed by atoms with Gasteiger partial charge in [0.1, 0.15) is 11.5 Å². The van der Waals surface area contributed by atoms with Gasteiger partial charge in [0.05, 0.1) is 5.02 Å². The second-order valence-corrected chi connectivity index (χ2v) is 4.21. The van der Waals surface area contributed by atoms with Crippen LogP contribution in [0.1, 0.15) is 11.1 Å². The molecule has 0 saturated carbocycles. The summed E-state index contributed by atoms with van der Waals surface area (Å²) in [6.07, 6.45) is 0. The van der Waals surface area contributed by atoms with Crippen LogP contribution >= 0.6 is 11.6 Å². The number of hydrogen-bond acceptors (Lipinski definition) is 1. The zero-order valence-corrected chi connectivity index (χ0v) is 10.1. The van der Waals surface area contributed by atoms with E-state index in [0.717, 1.165) is 16.9 Å². The number of benzene rings is 2. The van der Waals surface area contributed by atoms with E-state index in [1.165, 1.54) is 0 Å². The second-order valence-electron chi connectivity index (χ2n) is 3.80. The van der Waals surface area contributed by atoms with Crippen LogP contribution in [0.3, 0.4) is 0 Å². The van der Waals surface area contributed by atoms with Gasteiger partial charge in [0.2, 0.25) is 0 Å². The Morgan fingerprint density at radius 2 is 1.69 bits per heavy atom. The van der Waals surface area contributed by atoms with Gasteiger partial charge < -0.3 is 4.74 Å². The molecule has 0 aliphatic heterocycles. The largest absolute Gasteiger partial charge is 0.456 e. The van der Waals surface area contributed by atoms with Crippen LogP contribution in [0.2, 0.25) is 5.02 Å². The maximum atomic E-state index is 6.11. The number of halogens is 1. The molecular weight excluding hydrogens is 220 g/mol. The minimum atomic E-state index is 0.642. The molecule has 0 saturated heterocycles. The maximum Gasteiger partial charge on any atom is 0.146 e. The number of hydrogen-bond donors (Lipinski definition) is 0. The monoisotopic (exact) mass is 232 g/mol. The standard InChI is InChI=1S/C14H13ClO/c1-10-7-8-14(12(15)9-10)16-13-6-4-3-5-11(13)2/h3-9H,1-2H3. The van der Waals surface area contributed by atoms with E-state index in [0.29, 0.717) is 10.8 Å². The van der Waals surface area contributed by atoms with Gasteiger partial charge in [0, 0.05) is 0 Å². The van der Waals surface area contributed by atoms with Gasteiger partial charge in [0.15, 0.2) is 0 Å². The molecule has 0 N–H and O–H groups in total. The van der Waals surface area contributed by atoms with E-state index < -0.39 is 0 Å². The molecule has 2 rings (SSSR count). The Kier molecular flexibility index (Phi) is 3.16. The molecule has 0 heterocycles. The van der Waals surface area contributed by atoms with E-state index in [2.05, 4.69) is 0 Å². The molecule has 0 spiro atoms. The first kappa shape index (κ1) is 11.0. The average Bonchev–Trinajstić information content (AvgIpc) is 2.25. The molecule has 0 amide bonds. The normalized spacial score (nSPS) is 10.2. The molecule has 0 fully saturated rings. The van der Waals surface area contributed by atoms with Crippen LogP contribution in [0.5, 0.6) is 11.5 Å². The SMILES string of the molecule is Cc1ccc(Oc2ccccc2C)c(Cl)c1. The lowest BCUT2D eigenvalue weighted by Crippen LogP contribution is -1.88. The summed E-state index contributed by atoms with van der Waals surface area (Å²) in [5.74, 6) is 1.54. The summed E-state index contributed by atoms with van der Waals surface area (Å²) >= 11 is 6.11. The zero-order valence-electron chi connectivity index (χ0n) is 9.33. The molecule has 0 bridgehead atoms. The Morgan fingerprint density at radius 3 is 2.38 bits per heavy atom. The third-order valence-electron chi connectivity index (χ3n) is 2.40. The van der Waals surface area contributed by atoms with Crippen molar-refractivity contribution in [2.75, 3.05) is 0 Å². The summed E-state index contributed by atoms with van der Waals surface area (Å²) in [6, 6.07) is 13.7. The van der Waals surface area contributed by atoms with Crippen molar-refractivity contribution in [3.8, 4) is 11.5 Å². The van der Waals surface area contributed by atoms with Crippen molar-refractivity contribution in [1.29, 1.82) is 0 Å². The molecule has 0 radical (unpaired) electrons. The average molecular weight is 233 g/mol. The highest BCUT2D eigenvalue weighted by Crippen LogP contribution is 2.31.